The number of carbonyl (C=O) groups is 1. The van der Waals surface area contributed by atoms with Crippen molar-refractivity contribution in [1.29, 1.82) is 0 Å². The molecule has 20 heavy (non-hydrogen) atoms. The molecule has 2 aromatic heterocycles. The molecule has 0 saturated carbocycles. The van der Waals surface area contributed by atoms with E-state index >= 15 is 0 Å². The highest BCUT2D eigenvalue weighted by molar-refractivity contribution is 7.99. The molecule has 0 bridgehead atoms. The number of nitrogens with two attached hydrogens (primary N) is 1. The minimum Gasteiger partial charge on any atom is -0.294 e. The van der Waals surface area contributed by atoms with Crippen LogP contribution in [-0.4, -0.2) is 36.5 Å². The van der Waals surface area contributed by atoms with Gasteiger partial charge in [-0.3, -0.25) is 14.6 Å². The molecule has 3 N–H and O–H groups in total. The van der Waals surface area contributed by atoms with Crippen LogP contribution < -0.4 is 11.3 Å². The molecule has 8 nitrogen and oxygen atoms in total. The van der Waals surface area contributed by atoms with E-state index in [1.54, 1.807) is 4.40 Å². The molecule has 102 valence electrons. The van der Waals surface area contributed by atoms with Crippen molar-refractivity contribution in [3.05, 3.63) is 23.8 Å². The van der Waals surface area contributed by atoms with Gasteiger partial charge in [0.2, 0.25) is 5.91 Å². The fraction of sp³-hybridized carbons (Fsp3) is 0.182. The van der Waals surface area contributed by atoms with E-state index in [1.807, 2.05) is 25.1 Å². The van der Waals surface area contributed by atoms with Crippen molar-refractivity contribution in [2.24, 2.45) is 5.84 Å². The Kier molecular flexibility index (Phi) is 3.20. The summed E-state index contributed by atoms with van der Waals surface area (Å²) >= 11 is 1.24. The lowest BCUT2D eigenvalue weighted by atomic mass is 10.2. The Bertz CT molecular complexity index is 800. The number of rotatable bonds is 3. The Labute approximate surface area is 117 Å². The van der Waals surface area contributed by atoms with E-state index in [0.29, 0.717) is 10.9 Å². The molecule has 3 rings (SSSR count). The van der Waals surface area contributed by atoms with Crippen LogP contribution in [0.5, 0.6) is 0 Å². The number of hydrogen-bond acceptors (Lipinski definition) is 7. The van der Waals surface area contributed by atoms with Crippen LogP contribution >= 0.6 is 11.8 Å². The van der Waals surface area contributed by atoms with Gasteiger partial charge in [-0.05, 0) is 24.6 Å². The number of nitrogens with zero attached hydrogens (tertiary/aromatic N) is 5. The number of hydrogen-bond donors (Lipinski definition) is 2. The second-order valence-corrected chi connectivity index (χ2v) is 5.11. The van der Waals surface area contributed by atoms with Crippen molar-refractivity contribution >= 4 is 34.5 Å². The minimum absolute atomic E-state index is 0.160. The van der Waals surface area contributed by atoms with Crippen LogP contribution in [0.25, 0.3) is 16.8 Å². The highest BCUT2D eigenvalue weighted by Gasteiger charge is 2.12. The highest BCUT2D eigenvalue weighted by Crippen LogP contribution is 2.21. The van der Waals surface area contributed by atoms with E-state index in [4.69, 9.17) is 5.84 Å². The van der Waals surface area contributed by atoms with Gasteiger partial charge in [-0.1, -0.05) is 17.8 Å². The van der Waals surface area contributed by atoms with E-state index in [1.165, 1.54) is 11.8 Å². The Hall–Kier alpha value is -2.26. The second kappa shape index (κ2) is 5.02. The molecule has 1 aromatic carbocycles. The molecule has 0 spiro atoms. The number of thioether (sulfide) groups is 1. The van der Waals surface area contributed by atoms with Crippen LogP contribution in [-0.2, 0) is 4.79 Å². The van der Waals surface area contributed by atoms with E-state index in [9.17, 15) is 4.79 Å². The molecule has 1 amide bonds. The third-order valence-corrected chi connectivity index (χ3v) is 3.66. The van der Waals surface area contributed by atoms with Gasteiger partial charge in [0.15, 0.2) is 5.16 Å². The number of benzene rings is 1. The number of carbonyl (C=O) groups excluding carboxylic acids is 1. The average Bonchev–Trinajstić information content (AvgIpc) is 2.87. The Balaban J connectivity index is 2.11. The molecule has 0 fully saturated rings. The summed E-state index contributed by atoms with van der Waals surface area (Å²) in [6, 6.07) is 5.84. The maximum atomic E-state index is 11.2. The van der Waals surface area contributed by atoms with Crippen LogP contribution in [0.2, 0.25) is 0 Å². The number of aromatic nitrogens is 5. The Morgan fingerprint density at radius 3 is 2.95 bits per heavy atom. The fourth-order valence-electron chi connectivity index (χ4n) is 1.80. The minimum atomic E-state index is -0.283. The topological polar surface area (TPSA) is 111 Å². The summed E-state index contributed by atoms with van der Waals surface area (Å²) in [5.41, 5.74) is 4.77. The van der Waals surface area contributed by atoms with E-state index in [0.717, 1.165) is 16.6 Å². The first-order chi connectivity index (χ1) is 9.69. The van der Waals surface area contributed by atoms with Crippen molar-refractivity contribution in [2.45, 2.75) is 12.1 Å². The van der Waals surface area contributed by atoms with Crippen LogP contribution in [0.15, 0.2) is 23.4 Å². The lowest BCUT2D eigenvalue weighted by molar-refractivity contribution is -0.118. The standard InChI is InChI=1S/C11H11N7OS/c1-6-2-3-8-7(4-6)14-15-10-16-17-11(18(8)10)20-5-9(19)13-12/h2-4H,5,12H2,1H3,(H,13,19). The monoisotopic (exact) mass is 289 g/mol. The average molecular weight is 289 g/mol. The number of amides is 1. The zero-order chi connectivity index (χ0) is 14.1. The molecule has 0 aliphatic carbocycles. The lowest BCUT2D eigenvalue weighted by Crippen LogP contribution is -2.31. The van der Waals surface area contributed by atoms with Crippen LogP contribution in [0, 0.1) is 6.92 Å². The van der Waals surface area contributed by atoms with Gasteiger partial charge in [0, 0.05) is 0 Å². The Morgan fingerprint density at radius 1 is 1.35 bits per heavy atom. The van der Waals surface area contributed by atoms with Crippen molar-refractivity contribution < 1.29 is 4.79 Å². The summed E-state index contributed by atoms with van der Waals surface area (Å²) in [6.07, 6.45) is 0. The number of nitrogens with one attached hydrogen (secondary N) is 1. The highest BCUT2D eigenvalue weighted by atomic mass is 32.2. The molecular formula is C11H11N7OS. The third-order valence-electron chi connectivity index (χ3n) is 2.73. The molecule has 2 heterocycles. The summed E-state index contributed by atoms with van der Waals surface area (Å²) in [7, 11) is 0. The second-order valence-electron chi connectivity index (χ2n) is 4.17. The van der Waals surface area contributed by atoms with E-state index < -0.39 is 0 Å². The predicted octanol–water partition coefficient (Wildman–Crippen LogP) is 0.0629. The van der Waals surface area contributed by atoms with Crippen LogP contribution in [0.4, 0.5) is 0 Å². The van der Waals surface area contributed by atoms with Crippen LogP contribution in [0.3, 0.4) is 0 Å². The molecule has 0 aliphatic rings. The molecule has 3 aromatic rings. The van der Waals surface area contributed by atoms with Gasteiger partial charge in [0.25, 0.3) is 5.78 Å². The SMILES string of the molecule is Cc1ccc2c(c1)nnc1nnc(SCC(=O)NN)n12. The maximum Gasteiger partial charge on any atom is 0.275 e. The first-order valence-corrected chi connectivity index (χ1v) is 6.78. The largest absolute Gasteiger partial charge is 0.294 e. The fourth-order valence-corrected chi connectivity index (χ4v) is 2.56. The first-order valence-electron chi connectivity index (χ1n) is 5.79. The van der Waals surface area contributed by atoms with E-state index in [2.05, 4.69) is 25.8 Å². The van der Waals surface area contributed by atoms with Crippen LogP contribution in [0.1, 0.15) is 5.56 Å². The van der Waals surface area contributed by atoms with Gasteiger partial charge in [-0.25, -0.2) is 5.84 Å². The zero-order valence-electron chi connectivity index (χ0n) is 10.6. The van der Waals surface area contributed by atoms with Gasteiger partial charge in [-0.15, -0.1) is 20.4 Å². The van der Waals surface area contributed by atoms with Gasteiger partial charge >= 0.3 is 0 Å². The molecule has 9 heteroatoms. The lowest BCUT2D eigenvalue weighted by Gasteiger charge is -2.03. The maximum absolute atomic E-state index is 11.2. The van der Waals surface area contributed by atoms with Crippen molar-refractivity contribution in [3.63, 3.8) is 0 Å². The molecule has 0 unspecified atom stereocenters. The molecule has 0 saturated heterocycles. The van der Waals surface area contributed by atoms with Crippen molar-refractivity contribution in [1.82, 2.24) is 30.2 Å². The summed E-state index contributed by atoms with van der Waals surface area (Å²) in [5, 5.41) is 16.7. The summed E-state index contributed by atoms with van der Waals surface area (Å²) in [5.74, 6) is 5.33. The number of aryl methyl sites for hydroxylation is 1. The normalized spacial score (nSPS) is 11.1. The summed E-state index contributed by atoms with van der Waals surface area (Å²) in [4.78, 5) is 11.2. The van der Waals surface area contributed by atoms with Gasteiger partial charge in [0.1, 0.15) is 5.52 Å². The molecule has 0 atom stereocenters. The smallest absolute Gasteiger partial charge is 0.275 e. The molecule has 0 aliphatic heterocycles. The summed E-state index contributed by atoms with van der Waals surface area (Å²) in [6.45, 7) is 1.98. The van der Waals surface area contributed by atoms with Crippen molar-refractivity contribution in [3.8, 4) is 0 Å². The first kappa shape index (κ1) is 12.8. The number of fused-ring (bicyclic) bond motifs is 3. The van der Waals surface area contributed by atoms with Crippen molar-refractivity contribution in [2.75, 3.05) is 5.75 Å². The molecule has 0 radical (unpaired) electrons. The quantitative estimate of drug-likeness (QED) is 0.303. The third kappa shape index (κ3) is 2.17. The van der Waals surface area contributed by atoms with Gasteiger partial charge in [-0.2, -0.15) is 0 Å². The number of hydrazine groups is 1. The zero-order valence-corrected chi connectivity index (χ0v) is 11.4. The van der Waals surface area contributed by atoms with Gasteiger partial charge in [0.05, 0.1) is 11.3 Å². The molecular weight excluding hydrogens is 278 g/mol. The van der Waals surface area contributed by atoms with Gasteiger partial charge < -0.3 is 0 Å². The Morgan fingerprint density at radius 2 is 2.15 bits per heavy atom. The predicted molar refractivity (Wildman–Crippen MR) is 73.9 cm³/mol. The van der Waals surface area contributed by atoms with E-state index in [-0.39, 0.29) is 11.7 Å². The summed E-state index contributed by atoms with van der Waals surface area (Å²) < 4.78 is 1.77.